The number of piperidine rings is 1. The normalized spacial score (nSPS) is 22.1. The van der Waals surface area contributed by atoms with Gasteiger partial charge in [-0.3, -0.25) is 9.63 Å². The molecule has 0 atom stereocenters. The molecule has 2 heterocycles. The molecular weight excluding hydrogens is 383 g/mol. The van der Waals surface area contributed by atoms with E-state index in [9.17, 15) is 10.0 Å². The van der Waals surface area contributed by atoms with Crippen molar-refractivity contribution >= 4 is 34.7 Å². The number of aryl methyl sites for hydroxylation is 2. The van der Waals surface area contributed by atoms with Gasteiger partial charge in [0.25, 0.3) is 0 Å². The first-order valence-electron chi connectivity index (χ1n) is 9.12. The second-order valence-electron chi connectivity index (χ2n) is 7.30. The molecular formula is C21H20Cl2N2O2. The lowest BCUT2D eigenvalue weighted by Crippen LogP contribution is -2.50. The lowest BCUT2D eigenvalue weighted by Gasteiger charge is -2.43. The van der Waals surface area contributed by atoms with Gasteiger partial charge in [-0.05, 0) is 53.3 Å². The van der Waals surface area contributed by atoms with Crippen LogP contribution in [0.3, 0.4) is 0 Å². The smallest absolute Gasteiger partial charge is 0.310 e. The van der Waals surface area contributed by atoms with E-state index >= 15 is 0 Å². The third-order valence-corrected chi connectivity index (χ3v) is 6.09. The van der Waals surface area contributed by atoms with E-state index in [2.05, 4.69) is 4.98 Å². The van der Waals surface area contributed by atoms with Gasteiger partial charge in [-0.15, -0.1) is 0 Å². The SMILES string of the molecule is CC(=O)[N+]1([O-])CCC(=C2c3ccc(Cl)cc3CCc3cc(Cl)cnc32)CC1. The number of benzene rings is 1. The van der Waals surface area contributed by atoms with Crippen LogP contribution in [0.15, 0.2) is 36.0 Å². The minimum Gasteiger partial charge on any atom is -0.625 e. The van der Waals surface area contributed by atoms with E-state index in [0.717, 1.165) is 35.2 Å². The maximum atomic E-state index is 12.6. The van der Waals surface area contributed by atoms with Gasteiger partial charge in [0.05, 0.1) is 30.7 Å². The Balaban J connectivity index is 1.87. The lowest BCUT2D eigenvalue weighted by atomic mass is 9.88. The Morgan fingerprint density at radius 1 is 1.04 bits per heavy atom. The van der Waals surface area contributed by atoms with Gasteiger partial charge in [0.1, 0.15) is 0 Å². The average molecular weight is 403 g/mol. The van der Waals surface area contributed by atoms with Crippen molar-refractivity contribution in [1.82, 2.24) is 4.98 Å². The molecule has 4 rings (SSSR count). The fraction of sp³-hybridized carbons (Fsp3) is 0.333. The number of likely N-dealkylation sites (tertiary alicyclic amines) is 1. The maximum Gasteiger partial charge on any atom is 0.310 e. The molecule has 0 spiro atoms. The Morgan fingerprint density at radius 3 is 2.41 bits per heavy atom. The predicted molar refractivity (Wildman–Crippen MR) is 107 cm³/mol. The molecule has 1 aliphatic heterocycles. The second-order valence-corrected chi connectivity index (χ2v) is 8.17. The fourth-order valence-corrected chi connectivity index (χ4v) is 4.47. The summed E-state index contributed by atoms with van der Waals surface area (Å²) in [5.74, 6) is -0.322. The molecule has 0 saturated carbocycles. The van der Waals surface area contributed by atoms with Crippen LogP contribution < -0.4 is 0 Å². The third-order valence-electron chi connectivity index (χ3n) is 5.65. The van der Waals surface area contributed by atoms with E-state index in [1.807, 2.05) is 24.3 Å². The summed E-state index contributed by atoms with van der Waals surface area (Å²) in [6.07, 6.45) is 4.54. The number of hydrogen-bond acceptors (Lipinski definition) is 3. The predicted octanol–water partition coefficient (Wildman–Crippen LogP) is 4.94. The summed E-state index contributed by atoms with van der Waals surface area (Å²) in [6.45, 7) is 1.94. The molecule has 2 aliphatic rings. The number of rotatable bonds is 0. The van der Waals surface area contributed by atoms with Crippen molar-refractivity contribution in [3.8, 4) is 0 Å². The van der Waals surface area contributed by atoms with E-state index < -0.39 is 4.65 Å². The van der Waals surface area contributed by atoms with Gasteiger partial charge in [0.15, 0.2) is 0 Å². The summed E-state index contributed by atoms with van der Waals surface area (Å²) in [6, 6.07) is 7.93. The van der Waals surface area contributed by atoms with Crippen LogP contribution in [0.5, 0.6) is 0 Å². The summed E-state index contributed by atoms with van der Waals surface area (Å²) in [7, 11) is 0. The first-order chi connectivity index (χ1) is 12.9. The van der Waals surface area contributed by atoms with Gasteiger partial charge in [0, 0.05) is 29.6 Å². The van der Waals surface area contributed by atoms with Gasteiger partial charge in [0.2, 0.25) is 0 Å². The third kappa shape index (κ3) is 3.43. The van der Waals surface area contributed by atoms with Gasteiger partial charge in [-0.1, -0.05) is 29.3 Å². The molecule has 2 aromatic rings. The van der Waals surface area contributed by atoms with Crippen molar-refractivity contribution in [3.63, 3.8) is 0 Å². The Labute approximate surface area is 168 Å². The minimum absolute atomic E-state index is 0.278. The van der Waals surface area contributed by atoms with Crippen LogP contribution in [0.1, 0.15) is 42.1 Å². The summed E-state index contributed by atoms with van der Waals surface area (Å²) in [5, 5.41) is 13.9. The Kier molecular flexibility index (Phi) is 4.85. The molecule has 1 aliphatic carbocycles. The van der Waals surface area contributed by atoms with Crippen LogP contribution in [0, 0.1) is 5.21 Å². The number of pyridine rings is 1. The zero-order chi connectivity index (χ0) is 19.2. The van der Waals surface area contributed by atoms with Crippen LogP contribution in [-0.2, 0) is 17.6 Å². The zero-order valence-corrected chi connectivity index (χ0v) is 16.6. The lowest BCUT2D eigenvalue weighted by molar-refractivity contribution is -0.806. The highest BCUT2D eigenvalue weighted by molar-refractivity contribution is 6.31. The van der Waals surface area contributed by atoms with Crippen LogP contribution in [0.25, 0.3) is 5.57 Å². The number of halogens is 2. The van der Waals surface area contributed by atoms with E-state index in [-0.39, 0.29) is 19.0 Å². The highest BCUT2D eigenvalue weighted by atomic mass is 35.5. The highest BCUT2D eigenvalue weighted by Gasteiger charge is 2.31. The molecule has 1 amide bonds. The Hall–Kier alpha value is -1.72. The zero-order valence-electron chi connectivity index (χ0n) is 15.1. The van der Waals surface area contributed by atoms with Crippen LogP contribution in [0.2, 0.25) is 10.0 Å². The number of amides is 1. The van der Waals surface area contributed by atoms with E-state index in [4.69, 9.17) is 23.2 Å². The molecule has 0 unspecified atom stereocenters. The summed E-state index contributed by atoms with van der Waals surface area (Å²) in [4.78, 5) is 16.4. The van der Waals surface area contributed by atoms with Gasteiger partial charge < -0.3 is 5.21 Å². The monoisotopic (exact) mass is 402 g/mol. The minimum atomic E-state index is -0.745. The second kappa shape index (κ2) is 7.02. The maximum absolute atomic E-state index is 12.6. The number of carbonyl (C=O) groups is 1. The first-order valence-corrected chi connectivity index (χ1v) is 9.88. The van der Waals surface area contributed by atoms with Crippen molar-refractivity contribution in [2.45, 2.75) is 32.6 Å². The number of hydroxylamine groups is 3. The molecule has 0 radical (unpaired) electrons. The van der Waals surface area contributed by atoms with Crippen molar-refractivity contribution in [2.75, 3.05) is 13.1 Å². The Bertz CT molecular complexity index is 903. The largest absolute Gasteiger partial charge is 0.625 e. The molecule has 6 heteroatoms. The van der Waals surface area contributed by atoms with Crippen LogP contribution in [0.4, 0.5) is 0 Å². The quantitative estimate of drug-likeness (QED) is 0.462. The molecule has 0 bridgehead atoms. The standard InChI is InChI=1S/C21H20Cl2N2O2/c1-13(26)25(27)8-6-14(7-9-25)20-19-5-4-17(22)10-15(19)2-3-16-11-18(23)12-24-21(16)20/h4-5,10-12H,2-3,6-9H2,1H3. The number of nitrogens with zero attached hydrogens (tertiary/aromatic N) is 2. The van der Waals surface area contributed by atoms with Crippen LogP contribution >= 0.6 is 23.2 Å². The molecule has 1 saturated heterocycles. The number of hydrogen-bond donors (Lipinski definition) is 0. The molecule has 1 aromatic heterocycles. The van der Waals surface area contributed by atoms with Gasteiger partial charge in [-0.2, -0.15) is 0 Å². The molecule has 0 N–H and O–H groups in total. The molecule has 4 nitrogen and oxygen atoms in total. The number of carbonyl (C=O) groups excluding carboxylic acids is 1. The first kappa shape index (κ1) is 18.6. The van der Waals surface area contributed by atoms with Crippen molar-refractivity contribution in [2.24, 2.45) is 0 Å². The Morgan fingerprint density at radius 2 is 1.70 bits per heavy atom. The summed E-state index contributed by atoms with van der Waals surface area (Å²) < 4.78 is -0.745. The van der Waals surface area contributed by atoms with Crippen molar-refractivity contribution in [1.29, 1.82) is 0 Å². The number of quaternary nitrogens is 1. The van der Waals surface area contributed by atoms with Crippen LogP contribution in [-0.4, -0.2) is 28.6 Å². The van der Waals surface area contributed by atoms with Crippen molar-refractivity contribution < 1.29 is 9.44 Å². The topological polar surface area (TPSA) is 53.0 Å². The van der Waals surface area contributed by atoms with E-state index in [1.165, 1.54) is 18.1 Å². The molecule has 140 valence electrons. The molecule has 1 fully saturated rings. The number of aromatic nitrogens is 1. The molecule has 1 aromatic carbocycles. The van der Waals surface area contributed by atoms with E-state index in [0.29, 0.717) is 22.9 Å². The van der Waals surface area contributed by atoms with Crippen molar-refractivity contribution in [3.05, 3.63) is 73.7 Å². The van der Waals surface area contributed by atoms with Gasteiger partial charge >= 0.3 is 5.91 Å². The average Bonchev–Trinajstić information content (AvgIpc) is 2.79. The highest BCUT2D eigenvalue weighted by Crippen LogP contribution is 2.39. The molecule has 27 heavy (non-hydrogen) atoms. The summed E-state index contributed by atoms with van der Waals surface area (Å²) in [5.41, 5.74) is 6.61. The van der Waals surface area contributed by atoms with Gasteiger partial charge in [-0.25, -0.2) is 4.79 Å². The fourth-order valence-electron chi connectivity index (χ4n) is 4.10. The number of fused-ring (bicyclic) bond motifs is 2. The summed E-state index contributed by atoms with van der Waals surface area (Å²) >= 11 is 12.4. The van der Waals surface area contributed by atoms with E-state index in [1.54, 1.807) is 6.20 Å².